The van der Waals surface area contributed by atoms with Crippen LogP contribution in [0.4, 0.5) is 0 Å². The van der Waals surface area contributed by atoms with Gasteiger partial charge in [0.15, 0.2) is 0 Å². The molecule has 0 aromatic heterocycles. The number of carbonyl (C=O) groups is 1. The van der Waals surface area contributed by atoms with E-state index in [-0.39, 0.29) is 30.3 Å². The molecule has 2 unspecified atom stereocenters. The van der Waals surface area contributed by atoms with Gasteiger partial charge in [-0.15, -0.1) is 12.4 Å². The van der Waals surface area contributed by atoms with Gasteiger partial charge < -0.3 is 11.1 Å². The first-order valence-corrected chi connectivity index (χ1v) is 6.68. The van der Waals surface area contributed by atoms with E-state index < -0.39 is 0 Å². The third-order valence-corrected chi connectivity index (χ3v) is 3.67. The van der Waals surface area contributed by atoms with E-state index in [9.17, 15) is 4.79 Å². The van der Waals surface area contributed by atoms with Crippen LogP contribution in [0.25, 0.3) is 0 Å². The molecule has 2 rings (SSSR count). The molecule has 1 aromatic rings. The van der Waals surface area contributed by atoms with Gasteiger partial charge in [-0.2, -0.15) is 0 Å². The van der Waals surface area contributed by atoms with Gasteiger partial charge in [-0.05, 0) is 38.2 Å². The van der Waals surface area contributed by atoms with E-state index in [1.165, 1.54) is 18.4 Å². The summed E-state index contributed by atoms with van der Waals surface area (Å²) in [5, 5.41) is 2.96. The van der Waals surface area contributed by atoms with E-state index in [0.717, 1.165) is 5.56 Å². The number of rotatable bonds is 5. The third kappa shape index (κ3) is 4.51. The van der Waals surface area contributed by atoms with E-state index in [1.807, 2.05) is 32.0 Å². The highest BCUT2D eigenvalue weighted by Crippen LogP contribution is 2.31. The van der Waals surface area contributed by atoms with Gasteiger partial charge in [-0.3, -0.25) is 4.79 Å². The van der Waals surface area contributed by atoms with E-state index >= 15 is 0 Å². The van der Waals surface area contributed by atoms with Crippen LogP contribution in [-0.2, 0) is 4.79 Å². The summed E-state index contributed by atoms with van der Waals surface area (Å²) in [6.07, 6.45) is 2.43. The first-order valence-electron chi connectivity index (χ1n) is 6.68. The molecule has 2 atom stereocenters. The number of hydrogen-bond donors (Lipinski definition) is 2. The zero-order valence-electron chi connectivity index (χ0n) is 11.6. The standard InChI is InChI=1S/C15H22N2O.ClH/c1-10-4-3-5-13(8-10)11(2)15(18)17-9-14(16)12-6-7-12;/h3-5,8,11-12,14H,6-7,9,16H2,1-2H3,(H,17,18);1H. The van der Waals surface area contributed by atoms with Crippen molar-refractivity contribution in [3.05, 3.63) is 35.4 Å². The molecular formula is C15H23ClN2O. The van der Waals surface area contributed by atoms with Crippen molar-refractivity contribution >= 4 is 18.3 Å². The molecule has 0 spiro atoms. The number of nitrogens with two attached hydrogens (primary N) is 1. The van der Waals surface area contributed by atoms with Crippen LogP contribution in [0.15, 0.2) is 24.3 Å². The Morgan fingerprint density at radius 3 is 2.74 bits per heavy atom. The number of carbonyl (C=O) groups excluding carboxylic acids is 1. The molecule has 106 valence electrons. The molecule has 1 aliphatic carbocycles. The van der Waals surface area contributed by atoms with E-state index in [2.05, 4.69) is 11.4 Å². The first kappa shape index (κ1) is 16.0. The Morgan fingerprint density at radius 1 is 1.47 bits per heavy atom. The number of nitrogens with one attached hydrogen (secondary N) is 1. The maximum absolute atomic E-state index is 12.0. The molecule has 1 fully saturated rings. The van der Waals surface area contributed by atoms with Crippen LogP contribution in [0.2, 0.25) is 0 Å². The number of aryl methyl sites for hydroxylation is 1. The summed E-state index contributed by atoms with van der Waals surface area (Å²) in [7, 11) is 0. The van der Waals surface area contributed by atoms with Crippen molar-refractivity contribution in [2.24, 2.45) is 11.7 Å². The minimum atomic E-state index is -0.115. The lowest BCUT2D eigenvalue weighted by atomic mass is 9.98. The van der Waals surface area contributed by atoms with E-state index in [0.29, 0.717) is 12.5 Å². The summed E-state index contributed by atoms with van der Waals surface area (Å²) in [5.74, 6) is 0.576. The predicted octanol–water partition coefficient (Wildman–Crippen LogP) is 2.37. The second-order valence-electron chi connectivity index (χ2n) is 5.38. The minimum absolute atomic E-state index is 0. The quantitative estimate of drug-likeness (QED) is 0.871. The van der Waals surface area contributed by atoms with Crippen molar-refractivity contribution in [3.63, 3.8) is 0 Å². The van der Waals surface area contributed by atoms with Crippen LogP contribution < -0.4 is 11.1 Å². The lowest BCUT2D eigenvalue weighted by Crippen LogP contribution is -2.40. The van der Waals surface area contributed by atoms with Crippen molar-refractivity contribution in [2.45, 2.75) is 38.6 Å². The number of benzene rings is 1. The van der Waals surface area contributed by atoms with Crippen molar-refractivity contribution in [1.29, 1.82) is 0 Å². The first-order chi connectivity index (χ1) is 8.58. The van der Waals surface area contributed by atoms with Gasteiger partial charge in [0.25, 0.3) is 0 Å². The lowest BCUT2D eigenvalue weighted by Gasteiger charge is -2.16. The third-order valence-electron chi connectivity index (χ3n) is 3.67. The highest BCUT2D eigenvalue weighted by molar-refractivity contribution is 5.85. The normalized spacial score (nSPS) is 17.2. The van der Waals surface area contributed by atoms with E-state index in [4.69, 9.17) is 5.73 Å². The molecule has 1 aliphatic rings. The minimum Gasteiger partial charge on any atom is -0.354 e. The summed E-state index contributed by atoms with van der Waals surface area (Å²) < 4.78 is 0. The average molecular weight is 283 g/mol. The van der Waals surface area contributed by atoms with Crippen LogP contribution >= 0.6 is 12.4 Å². The monoisotopic (exact) mass is 282 g/mol. The Morgan fingerprint density at radius 2 is 2.16 bits per heavy atom. The Bertz CT molecular complexity index is 432. The van der Waals surface area contributed by atoms with Gasteiger partial charge >= 0.3 is 0 Å². The van der Waals surface area contributed by atoms with Crippen molar-refractivity contribution in [3.8, 4) is 0 Å². The smallest absolute Gasteiger partial charge is 0.227 e. The van der Waals surface area contributed by atoms with Crippen molar-refractivity contribution in [1.82, 2.24) is 5.32 Å². The topological polar surface area (TPSA) is 55.1 Å². The second kappa shape index (κ2) is 6.92. The van der Waals surface area contributed by atoms with Gasteiger partial charge in [0.1, 0.15) is 0 Å². The summed E-state index contributed by atoms with van der Waals surface area (Å²) in [4.78, 5) is 12.0. The lowest BCUT2D eigenvalue weighted by molar-refractivity contribution is -0.122. The fourth-order valence-electron chi connectivity index (χ4n) is 2.15. The molecule has 0 bridgehead atoms. The molecule has 1 amide bonds. The molecule has 0 saturated heterocycles. The van der Waals surface area contributed by atoms with E-state index in [1.54, 1.807) is 0 Å². The molecule has 1 aromatic carbocycles. The molecule has 0 aliphatic heterocycles. The van der Waals surface area contributed by atoms with Crippen LogP contribution in [0.1, 0.15) is 36.8 Å². The zero-order valence-corrected chi connectivity index (χ0v) is 12.4. The molecular weight excluding hydrogens is 260 g/mol. The highest BCUT2D eigenvalue weighted by Gasteiger charge is 2.28. The predicted molar refractivity (Wildman–Crippen MR) is 80.6 cm³/mol. The Hall–Kier alpha value is -1.06. The van der Waals surface area contributed by atoms with Gasteiger partial charge in [0, 0.05) is 12.6 Å². The van der Waals surface area contributed by atoms with Crippen molar-refractivity contribution < 1.29 is 4.79 Å². The van der Waals surface area contributed by atoms with Gasteiger partial charge in [-0.1, -0.05) is 29.8 Å². The number of halogens is 1. The molecule has 3 nitrogen and oxygen atoms in total. The molecule has 0 radical (unpaired) electrons. The average Bonchev–Trinajstić information content (AvgIpc) is 3.18. The number of hydrogen-bond acceptors (Lipinski definition) is 2. The Balaban J connectivity index is 0.00000180. The summed E-state index contributed by atoms with van der Waals surface area (Å²) in [6, 6.07) is 8.21. The molecule has 3 N–H and O–H groups in total. The van der Waals surface area contributed by atoms with Gasteiger partial charge in [0.05, 0.1) is 5.92 Å². The Kier molecular flexibility index (Phi) is 5.83. The molecule has 0 heterocycles. The van der Waals surface area contributed by atoms with Gasteiger partial charge in [-0.25, -0.2) is 0 Å². The van der Waals surface area contributed by atoms with Crippen LogP contribution in [0.3, 0.4) is 0 Å². The summed E-state index contributed by atoms with van der Waals surface area (Å²) in [5.41, 5.74) is 8.22. The molecule has 1 saturated carbocycles. The van der Waals surface area contributed by atoms with Crippen LogP contribution in [-0.4, -0.2) is 18.5 Å². The van der Waals surface area contributed by atoms with Crippen LogP contribution in [0, 0.1) is 12.8 Å². The Labute approximate surface area is 121 Å². The van der Waals surface area contributed by atoms with Crippen LogP contribution in [0.5, 0.6) is 0 Å². The second-order valence-corrected chi connectivity index (χ2v) is 5.38. The largest absolute Gasteiger partial charge is 0.354 e. The summed E-state index contributed by atoms with van der Waals surface area (Å²) >= 11 is 0. The number of amides is 1. The molecule has 4 heteroatoms. The maximum Gasteiger partial charge on any atom is 0.227 e. The fraction of sp³-hybridized carbons (Fsp3) is 0.533. The van der Waals surface area contributed by atoms with Crippen molar-refractivity contribution in [2.75, 3.05) is 6.54 Å². The highest BCUT2D eigenvalue weighted by atomic mass is 35.5. The molecule has 19 heavy (non-hydrogen) atoms. The fourth-order valence-corrected chi connectivity index (χ4v) is 2.15. The summed E-state index contributed by atoms with van der Waals surface area (Å²) in [6.45, 7) is 4.57. The zero-order chi connectivity index (χ0) is 13.1. The SMILES string of the molecule is Cc1cccc(C(C)C(=O)NCC(N)C2CC2)c1.Cl. The van der Waals surface area contributed by atoms with Gasteiger partial charge in [0.2, 0.25) is 5.91 Å². The maximum atomic E-state index is 12.0.